The Balaban J connectivity index is 0.000000714. The Morgan fingerprint density at radius 1 is 0.659 bits per heavy atom. The van der Waals surface area contributed by atoms with Crippen LogP contribution in [0.3, 0.4) is 0 Å². The average molecular weight is 602 g/mol. The van der Waals surface area contributed by atoms with Crippen LogP contribution >= 0.6 is 0 Å². The molecule has 0 saturated carbocycles. The van der Waals surface area contributed by atoms with Crippen molar-refractivity contribution in [2.45, 2.75) is 107 Å². The number of aliphatic imine (C=N–C) groups is 1. The fourth-order valence-electron chi connectivity index (χ4n) is 4.80. The van der Waals surface area contributed by atoms with Gasteiger partial charge in [0.1, 0.15) is 0 Å². The molecule has 0 saturated heterocycles. The van der Waals surface area contributed by atoms with Crippen LogP contribution in [-0.4, -0.2) is 5.71 Å². The van der Waals surface area contributed by atoms with Gasteiger partial charge in [0.2, 0.25) is 0 Å². The van der Waals surface area contributed by atoms with Gasteiger partial charge >= 0.3 is 17.1 Å². The van der Waals surface area contributed by atoms with Gasteiger partial charge in [-0.15, -0.1) is 11.4 Å². The molecule has 0 unspecified atom stereocenters. The first-order valence-electron chi connectivity index (χ1n) is 14.7. The predicted molar refractivity (Wildman–Crippen MR) is 174 cm³/mol. The van der Waals surface area contributed by atoms with Crippen LogP contribution in [0.2, 0.25) is 0 Å². The Morgan fingerprint density at radius 2 is 1.02 bits per heavy atom. The van der Waals surface area contributed by atoms with Gasteiger partial charge in [-0.1, -0.05) is 145 Å². The van der Waals surface area contributed by atoms with Gasteiger partial charge in [-0.3, -0.25) is 4.99 Å². The van der Waals surface area contributed by atoms with E-state index in [1.54, 1.807) is 0 Å². The quantitative estimate of drug-likeness (QED) is 0.187. The normalized spacial score (nSPS) is 12.0. The SMILES string of the molecule is CC(/C=C(/C)[N-]c1c(C(C)C)cccc1C(C)C)=Nc1c(C(C)C)cccc1C(C)C.Cc1cccc(C)c1[O-].[Cu+2]. The summed E-state index contributed by atoms with van der Waals surface area (Å²) < 4.78 is 0. The summed E-state index contributed by atoms with van der Waals surface area (Å²) >= 11 is 0. The summed E-state index contributed by atoms with van der Waals surface area (Å²) in [6.07, 6.45) is 2.11. The molecule has 41 heavy (non-hydrogen) atoms. The second-order valence-corrected chi connectivity index (χ2v) is 12.1. The second-order valence-electron chi connectivity index (χ2n) is 12.1. The summed E-state index contributed by atoms with van der Waals surface area (Å²) in [5.74, 6) is 1.91. The summed E-state index contributed by atoms with van der Waals surface area (Å²) in [6.45, 7) is 25.7. The molecule has 0 aliphatic carbocycles. The number of benzene rings is 3. The number of aryl methyl sites for hydroxylation is 2. The van der Waals surface area contributed by atoms with Gasteiger partial charge in [0.25, 0.3) is 0 Å². The molecule has 0 spiro atoms. The first kappa shape index (κ1) is 36.2. The van der Waals surface area contributed by atoms with Gasteiger partial charge in [0, 0.05) is 5.71 Å². The first-order chi connectivity index (χ1) is 18.7. The van der Waals surface area contributed by atoms with E-state index < -0.39 is 0 Å². The maximum atomic E-state index is 11.0. The van der Waals surface area contributed by atoms with Crippen molar-refractivity contribution in [3.63, 3.8) is 0 Å². The summed E-state index contributed by atoms with van der Waals surface area (Å²) in [4.78, 5) is 5.08. The number of nitrogens with zero attached hydrogens (tertiary/aromatic N) is 2. The molecule has 0 atom stereocenters. The van der Waals surface area contributed by atoms with Crippen LogP contribution in [0.1, 0.15) is 126 Å². The molecule has 3 nitrogen and oxygen atoms in total. The van der Waals surface area contributed by atoms with Crippen LogP contribution in [0.15, 0.2) is 71.4 Å². The molecule has 3 aromatic rings. The van der Waals surface area contributed by atoms with Gasteiger partial charge in [0.05, 0.1) is 5.69 Å². The molecule has 0 amide bonds. The Bertz CT molecular complexity index is 1260. The van der Waals surface area contributed by atoms with Gasteiger partial charge in [-0.05, 0) is 55.6 Å². The molecule has 0 fully saturated rings. The molecule has 0 N–H and O–H groups in total. The third kappa shape index (κ3) is 10.2. The number of allylic oxidation sites excluding steroid dienone is 2. The summed E-state index contributed by atoms with van der Waals surface area (Å²) in [5.41, 5.74) is 11.1. The smallest absolute Gasteiger partial charge is 0.872 e. The number of para-hydroxylation sites is 3. The van der Waals surface area contributed by atoms with Crippen molar-refractivity contribution in [1.29, 1.82) is 0 Å². The monoisotopic (exact) mass is 601 g/mol. The van der Waals surface area contributed by atoms with Crippen LogP contribution in [0.5, 0.6) is 5.75 Å². The third-order valence-corrected chi connectivity index (χ3v) is 7.09. The molecule has 225 valence electrons. The molecule has 4 heteroatoms. The van der Waals surface area contributed by atoms with E-state index in [0.717, 1.165) is 33.9 Å². The van der Waals surface area contributed by atoms with Crippen molar-refractivity contribution < 1.29 is 22.2 Å². The molecular formula is C37H50CuN2O. The van der Waals surface area contributed by atoms with Gasteiger partial charge in [-0.2, -0.15) is 5.70 Å². The standard InChI is InChI=1S/C29H41N2.C8H10O.Cu/c1-18(2)24-13-11-14-25(19(3)4)28(24)30-22(9)17-23(10)31-29-26(20(5)6)15-12-16-27(29)21(7)8;1-6-4-3-5-7(2)8(6)9;/h11-21H,1-10H3;3-5,9H,1-2H3;/q-1;;+2/p-1/b22-17-,31-23?;;. The number of hydrogen-bond donors (Lipinski definition) is 0. The van der Waals surface area contributed by atoms with Gasteiger partial charge in [-0.25, -0.2) is 0 Å². The van der Waals surface area contributed by atoms with Crippen molar-refractivity contribution in [3.8, 4) is 5.75 Å². The van der Waals surface area contributed by atoms with E-state index in [0.29, 0.717) is 23.7 Å². The van der Waals surface area contributed by atoms with Crippen LogP contribution in [-0.2, 0) is 17.1 Å². The van der Waals surface area contributed by atoms with E-state index in [-0.39, 0.29) is 22.8 Å². The molecule has 0 bridgehead atoms. The van der Waals surface area contributed by atoms with E-state index >= 15 is 0 Å². The van der Waals surface area contributed by atoms with Gasteiger partial charge < -0.3 is 10.4 Å². The van der Waals surface area contributed by atoms with Crippen molar-refractivity contribution in [2.24, 2.45) is 4.99 Å². The molecule has 1 radical (unpaired) electrons. The molecule has 3 aromatic carbocycles. The van der Waals surface area contributed by atoms with Crippen molar-refractivity contribution in [3.05, 3.63) is 105 Å². The molecule has 0 aromatic heterocycles. The summed E-state index contributed by atoms with van der Waals surface area (Å²) in [5, 5.41) is 16.0. The van der Waals surface area contributed by atoms with Gasteiger partial charge in [0.15, 0.2) is 0 Å². The summed E-state index contributed by atoms with van der Waals surface area (Å²) in [7, 11) is 0. The van der Waals surface area contributed by atoms with Crippen LogP contribution in [0.4, 0.5) is 11.4 Å². The summed E-state index contributed by atoms with van der Waals surface area (Å²) in [6, 6.07) is 18.7. The van der Waals surface area contributed by atoms with Crippen molar-refractivity contribution >= 4 is 17.1 Å². The topological polar surface area (TPSA) is 49.5 Å². The fraction of sp³-hybridized carbons (Fsp3) is 0.432. The van der Waals surface area contributed by atoms with E-state index in [9.17, 15) is 5.11 Å². The minimum atomic E-state index is 0. The number of hydrogen-bond acceptors (Lipinski definition) is 2. The third-order valence-electron chi connectivity index (χ3n) is 7.09. The molecule has 0 heterocycles. The Hall–Kier alpha value is -2.81. The minimum Gasteiger partial charge on any atom is -0.872 e. The maximum Gasteiger partial charge on any atom is 2.00 e. The largest absolute Gasteiger partial charge is 2.00 e. The Kier molecular flexibility index (Phi) is 14.7. The van der Waals surface area contributed by atoms with E-state index in [1.165, 1.54) is 22.3 Å². The zero-order chi connectivity index (χ0) is 30.1. The van der Waals surface area contributed by atoms with E-state index in [1.807, 2.05) is 32.0 Å². The number of rotatable bonds is 8. The second kappa shape index (κ2) is 16.6. The van der Waals surface area contributed by atoms with Crippen LogP contribution in [0, 0.1) is 13.8 Å². The Morgan fingerprint density at radius 3 is 1.39 bits per heavy atom. The molecule has 3 rings (SSSR count). The van der Waals surface area contributed by atoms with Crippen LogP contribution in [0.25, 0.3) is 5.32 Å². The minimum absolute atomic E-state index is 0. The predicted octanol–water partition coefficient (Wildman–Crippen LogP) is 11.3. The zero-order valence-electron chi connectivity index (χ0n) is 27.2. The molecule has 0 aliphatic rings. The first-order valence-corrected chi connectivity index (χ1v) is 14.7. The van der Waals surface area contributed by atoms with Crippen LogP contribution < -0.4 is 5.11 Å². The molecule has 0 aliphatic heterocycles. The van der Waals surface area contributed by atoms with E-state index in [2.05, 4.69) is 112 Å². The molecular weight excluding hydrogens is 552 g/mol. The average Bonchev–Trinajstić information content (AvgIpc) is 2.87. The Labute approximate surface area is 261 Å². The zero-order valence-corrected chi connectivity index (χ0v) is 28.1. The van der Waals surface area contributed by atoms with E-state index in [4.69, 9.17) is 10.3 Å². The fourth-order valence-corrected chi connectivity index (χ4v) is 4.80. The maximum absolute atomic E-state index is 11.0. The van der Waals surface area contributed by atoms with Crippen molar-refractivity contribution in [2.75, 3.05) is 0 Å². The van der Waals surface area contributed by atoms with Crippen molar-refractivity contribution in [1.82, 2.24) is 0 Å².